The Balaban J connectivity index is 1.91. The number of para-hydroxylation sites is 1. The first-order valence-electron chi connectivity index (χ1n) is 7.01. The lowest BCUT2D eigenvalue weighted by atomic mass is 10.1. The minimum Gasteiger partial charge on any atom is -0.343 e. The molecule has 0 heterocycles. The molecule has 0 saturated heterocycles. The number of hydrogen-bond acceptors (Lipinski definition) is 2. The van der Waals surface area contributed by atoms with E-state index in [-0.39, 0.29) is 18.0 Å². The Bertz CT molecular complexity index is 686. The number of nitrogens with one attached hydrogen (secondary N) is 2. The molecule has 0 aromatic heterocycles. The Morgan fingerprint density at radius 1 is 1.09 bits per heavy atom. The quantitative estimate of drug-likeness (QED) is 0.892. The van der Waals surface area contributed by atoms with Crippen molar-refractivity contribution in [2.75, 3.05) is 11.9 Å². The molecule has 2 rings (SSSR count). The smallest absolute Gasteiger partial charge is 0.251 e. The molecule has 2 amide bonds. The highest BCUT2D eigenvalue weighted by atomic mass is 19.1. The van der Waals surface area contributed by atoms with Crippen LogP contribution in [0.15, 0.2) is 48.5 Å². The Morgan fingerprint density at radius 3 is 2.59 bits per heavy atom. The second-order valence-electron chi connectivity index (χ2n) is 4.75. The maximum absolute atomic E-state index is 13.0. The van der Waals surface area contributed by atoms with Crippen LogP contribution in [0.5, 0.6) is 0 Å². The molecule has 0 fully saturated rings. The lowest BCUT2D eigenvalue weighted by Crippen LogP contribution is -2.33. The van der Waals surface area contributed by atoms with Crippen LogP contribution >= 0.6 is 0 Å². The third-order valence-electron chi connectivity index (χ3n) is 3.17. The Hall–Kier alpha value is -2.69. The van der Waals surface area contributed by atoms with Crippen LogP contribution in [-0.2, 0) is 11.2 Å². The van der Waals surface area contributed by atoms with Crippen LogP contribution < -0.4 is 10.6 Å². The van der Waals surface area contributed by atoms with E-state index in [1.807, 2.05) is 31.2 Å². The zero-order chi connectivity index (χ0) is 15.9. The lowest BCUT2D eigenvalue weighted by molar-refractivity contribution is -0.115. The van der Waals surface area contributed by atoms with Crippen LogP contribution in [0.25, 0.3) is 0 Å². The number of amides is 2. The molecular formula is C17H17FN2O2. The average molecular weight is 300 g/mol. The fraction of sp³-hybridized carbons (Fsp3) is 0.176. The Labute approximate surface area is 128 Å². The molecule has 0 unspecified atom stereocenters. The summed E-state index contributed by atoms with van der Waals surface area (Å²) in [5.41, 5.74) is 1.93. The van der Waals surface area contributed by atoms with Crippen molar-refractivity contribution in [3.05, 3.63) is 65.5 Å². The first kappa shape index (κ1) is 15.7. The second kappa shape index (κ2) is 7.36. The predicted octanol–water partition coefficient (Wildman–Crippen LogP) is 2.76. The summed E-state index contributed by atoms with van der Waals surface area (Å²) in [6, 6.07) is 12.8. The van der Waals surface area contributed by atoms with E-state index in [9.17, 15) is 14.0 Å². The van der Waals surface area contributed by atoms with Crippen LogP contribution in [0, 0.1) is 5.82 Å². The highest BCUT2D eigenvalue weighted by molar-refractivity contribution is 5.99. The highest BCUT2D eigenvalue weighted by Crippen LogP contribution is 2.15. The van der Waals surface area contributed by atoms with Crippen molar-refractivity contribution in [1.29, 1.82) is 0 Å². The van der Waals surface area contributed by atoms with Crippen molar-refractivity contribution in [3.63, 3.8) is 0 Å². The van der Waals surface area contributed by atoms with Gasteiger partial charge in [-0.25, -0.2) is 4.39 Å². The van der Waals surface area contributed by atoms with Crippen LogP contribution in [0.2, 0.25) is 0 Å². The number of benzene rings is 2. The van der Waals surface area contributed by atoms with Gasteiger partial charge in [0.25, 0.3) is 5.91 Å². The van der Waals surface area contributed by atoms with Crippen molar-refractivity contribution in [1.82, 2.24) is 5.32 Å². The van der Waals surface area contributed by atoms with E-state index in [1.165, 1.54) is 18.2 Å². The monoisotopic (exact) mass is 300 g/mol. The van der Waals surface area contributed by atoms with E-state index in [4.69, 9.17) is 0 Å². The molecule has 0 aliphatic carbocycles. The maximum Gasteiger partial charge on any atom is 0.251 e. The fourth-order valence-electron chi connectivity index (χ4n) is 2.04. The Kier molecular flexibility index (Phi) is 5.25. The summed E-state index contributed by atoms with van der Waals surface area (Å²) in [4.78, 5) is 23.7. The number of rotatable bonds is 5. The molecule has 0 radical (unpaired) electrons. The molecule has 0 spiro atoms. The average Bonchev–Trinajstić information content (AvgIpc) is 2.53. The normalized spacial score (nSPS) is 10.1. The van der Waals surface area contributed by atoms with Gasteiger partial charge < -0.3 is 10.6 Å². The standard InChI is InChI=1S/C17H17FN2O2/c1-2-12-6-3-4-9-15(12)20-16(21)11-19-17(22)13-7-5-8-14(18)10-13/h3-10H,2,11H2,1H3,(H,19,22)(H,20,21). The molecule has 2 aromatic carbocycles. The van der Waals surface area contributed by atoms with Gasteiger partial charge in [-0.05, 0) is 36.2 Å². The van der Waals surface area contributed by atoms with Crippen molar-refractivity contribution in [3.8, 4) is 0 Å². The fourth-order valence-corrected chi connectivity index (χ4v) is 2.04. The van der Waals surface area contributed by atoms with Gasteiger partial charge in [-0.3, -0.25) is 9.59 Å². The lowest BCUT2D eigenvalue weighted by Gasteiger charge is -2.10. The summed E-state index contributed by atoms with van der Waals surface area (Å²) in [6.45, 7) is 1.82. The van der Waals surface area contributed by atoms with E-state index in [0.717, 1.165) is 23.7 Å². The van der Waals surface area contributed by atoms with E-state index >= 15 is 0 Å². The molecule has 0 saturated carbocycles. The van der Waals surface area contributed by atoms with Crippen LogP contribution in [0.4, 0.5) is 10.1 Å². The number of anilines is 1. The van der Waals surface area contributed by atoms with Gasteiger partial charge in [0.2, 0.25) is 5.91 Å². The van der Waals surface area contributed by atoms with Gasteiger partial charge in [-0.15, -0.1) is 0 Å². The van der Waals surface area contributed by atoms with Crippen molar-refractivity contribution < 1.29 is 14.0 Å². The van der Waals surface area contributed by atoms with Gasteiger partial charge in [0.15, 0.2) is 0 Å². The molecular weight excluding hydrogens is 283 g/mol. The molecule has 22 heavy (non-hydrogen) atoms. The van der Waals surface area contributed by atoms with Gasteiger partial charge >= 0.3 is 0 Å². The Morgan fingerprint density at radius 2 is 1.86 bits per heavy atom. The van der Waals surface area contributed by atoms with Gasteiger partial charge in [-0.2, -0.15) is 0 Å². The minimum atomic E-state index is -0.492. The molecule has 0 atom stereocenters. The van der Waals surface area contributed by atoms with Crippen molar-refractivity contribution >= 4 is 17.5 Å². The summed E-state index contributed by atoms with van der Waals surface area (Å²) >= 11 is 0. The summed E-state index contributed by atoms with van der Waals surface area (Å²) in [5.74, 6) is -1.31. The number of hydrogen-bond donors (Lipinski definition) is 2. The first-order valence-corrected chi connectivity index (χ1v) is 7.01. The molecule has 2 N–H and O–H groups in total. The van der Waals surface area contributed by atoms with Crippen LogP contribution in [0.1, 0.15) is 22.8 Å². The van der Waals surface area contributed by atoms with E-state index in [2.05, 4.69) is 10.6 Å². The number of carbonyl (C=O) groups is 2. The van der Waals surface area contributed by atoms with Crippen LogP contribution in [0.3, 0.4) is 0 Å². The van der Waals surface area contributed by atoms with Gasteiger partial charge in [0, 0.05) is 11.3 Å². The number of halogens is 1. The molecule has 0 bridgehead atoms. The molecule has 5 heteroatoms. The molecule has 0 aliphatic rings. The van der Waals surface area contributed by atoms with Crippen LogP contribution in [-0.4, -0.2) is 18.4 Å². The van der Waals surface area contributed by atoms with Crippen molar-refractivity contribution in [2.24, 2.45) is 0 Å². The van der Waals surface area contributed by atoms with E-state index in [1.54, 1.807) is 0 Å². The topological polar surface area (TPSA) is 58.2 Å². The summed E-state index contributed by atoms with van der Waals surface area (Å²) in [7, 11) is 0. The van der Waals surface area contributed by atoms with Gasteiger partial charge in [-0.1, -0.05) is 31.2 Å². The first-order chi connectivity index (χ1) is 10.6. The van der Waals surface area contributed by atoms with E-state index in [0.29, 0.717) is 0 Å². The molecule has 0 aliphatic heterocycles. The molecule has 2 aromatic rings. The molecule has 4 nitrogen and oxygen atoms in total. The van der Waals surface area contributed by atoms with Gasteiger partial charge in [0.05, 0.1) is 6.54 Å². The maximum atomic E-state index is 13.0. The number of aryl methyl sites for hydroxylation is 1. The largest absolute Gasteiger partial charge is 0.343 e. The van der Waals surface area contributed by atoms with E-state index < -0.39 is 11.7 Å². The predicted molar refractivity (Wildman–Crippen MR) is 83.2 cm³/mol. The summed E-state index contributed by atoms with van der Waals surface area (Å²) in [5, 5.41) is 5.22. The summed E-state index contributed by atoms with van der Waals surface area (Å²) < 4.78 is 13.0. The second-order valence-corrected chi connectivity index (χ2v) is 4.75. The third-order valence-corrected chi connectivity index (χ3v) is 3.17. The third kappa shape index (κ3) is 4.15. The zero-order valence-corrected chi connectivity index (χ0v) is 12.2. The van der Waals surface area contributed by atoms with Crippen molar-refractivity contribution in [2.45, 2.75) is 13.3 Å². The summed E-state index contributed by atoms with van der Waals surface area (Å²) in [6.07, 6.45) is 0.798. The van der Waals surface area contributed by atoms with Gasteiger partial charge in [0.1, 0.15) is 5.82 Å². The highest BCUT2D eigenvalue weighted by Gasteiger charge is 2.10. The zero-order valence-electron chi connectivity index (χ0n) is 12.2. The molecule has 114 valence electrons. The SMILES string of the molecule is CCc1ccccc1NC(=O)CNC(=O)c1cccc(F)c1. The minimum absolute atomic E-state index is 0.173. The number of carbonyl (C=O) groups excluding carboxylic acids is 2.